The molecule has 94 valence electrons. The van der Waals surface area contributed by atoms with Gasteiger partial charge in [-0.25, -0.2) is 0 Å². The van der Waals surface area contributed by atoms with Crippen molar-refractivity contribution in [1.29, 1.82) is 5.41 Å². The molecule has 0 saturated carbocycles. The van der Waals surface area contributed by atoms with E-state index in [1.807, 2.05) is 0 Å². The average Bonchev–Trinajstić information content (AvgIpc) is 2.25. The van der Waals surface area contributed by atoms with Gasteiger partial charge in [-0.3, -0.25) is 5.41 Å². The molecule has 1 aromatic heterocycles. The first-order valence-corrected chi connectivity index (χ1v) is 5.86. The molecule has 0 aliphatic rings. The molecule has 1 heterocycles. The Bertz CT molecular complexity index is 386. The molecule has 5 nitrogen and oxygen atoms in total. The predicted molar refractivity (Wildman–Crippen MR) is 70.4 cm³/mol. The third kappa shape index (κ3) is 3.41. The van der Waals surface area contributed by atoms with E-state index in [4.69, 9.17) is 11.1 Å². The molecule has 0 aromatic carbocycles. The molecule has 3 N–H and O–H groups in total. The van der Waals surface area contributed by atoms with Crippen LogP contribution in [-0.2, 0) is 0 Å². The van der Waals surface area contributed by atoms with Crippen molar-refractivity contribution in [3.63, 3.8) is 0 Å². The van der Waals surface area contributed by atoms with Crippen molar-refractivity contribution in [3.8, 4) is 0 Å². The van der Waals surface area contributed by atoms with Gasteiger partial charge in [0.2, 0.25) is 0 Å². The summed E-state index contributed by atoms with van der Waals surface area (Å²) >= 11 is 0. The molecule has 5 heteroatoms. The summed E-state index contributed by atoms with van der Waals surface area (Å²) in [6, 6.07) is 2.03. The zero-order chi connectivity index (χ0) is 13.0. The molecule has 1 rings (SSSR count). The molecule has 0 fully saturated rings. The van der Waals surface area contributed by atoms with Gasteiger partial charge in [-0.15, -0.1) is 5.10 Å². The van der Waals surface area contributed by atoms with E-state index in [-0.39, 0.29) is 5.84 Å². The molecule has 0 bridgehead atoms. The first-order valence-electron chi connectivity index (χ1n) is 5.86. The molecular weight excluding hydrogens is 214 g/mol. The molecule has 17 heavy (non-hydrogen) atoms. The largest absolute Gasteiger partial charge is 0.384 e. The average molecular weight is 235 g/mol. The highest BCUT2D eigenvalue weighted by Gasteiger charge is 2.18. The highest BCUT2D eigenvalue weighted by molar-refractivity contribution is 5.99. The van der Waals surface area contributed by atoms with E-state index < -0.39 is 0 Å². The van der Waals surface area contributed by atoms with Crippen LogP contribution in [0.3, 0.4) is 0 Å². The Labute approximate surface area is 103 Å². The van der Waals surface area contributed by atoms with Crippen molar-refractivity contribution in [2.45, 2.75) is 33.7 Å². The minimum Gasteiger partial charge on any atom is -0.384 e. The number of rotatable bonds is 5. The highest BCUT2D eigenvalue weighted by atomic mass is 15.3. The maximum atomic E-state index is 7.58. The summed E-state index contributed by atoms with van der Waals surface area (Å²) in [5, 5.41) is 15.6. The van der Waals surface area contributed by atoms with Crippen LogP contribution < -0.4 is 10.6 Å². The Hall–Kier alpha value is -1.65. The Morgan fingerprint density at radius 2 is 2.06 bits per heavy atom. The summed E-state index contributed by atoms with van der Waals surface area (Å²) in [7, 11) is 0. The Kier molecular flexibility index (Phi) is 4.43. The van der Waals surface area contributed by atoms with Gasteiger partial charge in [0.25, 0.3) is 0 Å². The number of anilines is 1. The first kappa shape index (κ1) is 13.4. The lowest BCUT2D eigenvalue weighted by atomic mass is 10.1. The predicted octanol–water partition coefficient (Wildman–Crippen LogP) is 1.63. The van der Waals surface area contributed by atoms with Gasteiger partial charge in [-0.1, -0.05) is 13.8 Å². The third-order valence-electron chi connectivity index (χ3n) is 2.45. The van der Waals surface area contributed by atoms with Crippen LogP contribution in [0.4, 0.5) is 5.82 Å². The van der Waals surface area contributed by atoms with Crippen LogP contribution in [0.5, 0.6) is 0 Å². The van der Waals surface area contributed by atoms with Crippen LogP contribution in [0.15, 0.2) is 12.3 Å². The lowest BCUT2D eigenvalue weighted by Crippen LogP contribution is -2.36. The molecule has 0 amide bonds. The fraction of sp³-hybridized carbons (Fsp3) is 0.583. The Balaban J connectivity index is 3.13. The molecule has 0 unspecified atom stereocenters. The van der Waals surface area contributed by atoms with Gasteiger partial charge >= 0.3 is 0 Å². The number of nitrogens with two attached hydrogens (primary N) is 1. The monoisotopic (exact) mass is 235 g/mol. The Morgan fingerprint density at radius 1 is 1.41 bits per heavy atom. The Morgan fingerprint density at radius 3 is 2.53 bits per heavy atom. The van der Waals surface area contributed by atoms with Gasteiger partial charge in [-0.05, 0) is 25.8 Å². The standard InChI is InChI=1S/C12H21N5/c1-8(2)7-17(9(3)4)12-10(11(13)14)5-6-15-16-12/h5-6,8-9H,7H2,1-4H3,(H3,13,14). The van der Waals surface area contributed by atoms with E-state index in [2.05, 4.69) is 42.8 Å². The molecule has 0 saturated heterocycles. The lowest BCUT2D eigenvalue weighted by molar-refractivity contribution is 0.563. The number of nitrogens with one attached hydrogen (secondary N) is 1. The molecule has 0 spiro atoms. The van der Waals surface area contributed by atoms with Crippen molar-refractivity contribution in [3.05, 3.63) is 17.8 Å². The van der Waals surface area contributed by atoms with Crippen molar-refractivity contribution < 1.29 is 0 Å². The maximum absolute atomic E-state index is 7.58. The van der Waals surface area contributed by atoms with Crippen LogP contribution >= 0.6 is 0 Å². The topological polar surface area (TPSA) is 78.9 Å². The second-order valence-electron chi connectivity index (χ2n) is 4.82. The van der Waals surface area contributed by atoms with Crippen LogP contribution in [0.2, 0.25) is 0 Å². The van der Waals surface area contributed by atoms with Gasteiger partial charge in [0.1, 0.15) is 5.84 Å². The van der Waals surface area contributed by atoms with E-state index >= 15 is 0 Å². The van der Waals surface area contributed by atoms with Crippen LogP contribution in [0, 0.1) is 11.3 Å². The number of hydrogen-bond acceptors (Lipinski definition) is 4. The van der Waals surface area contributed by atoms with E-state index in [0.29, 0.717) is 23.3 Å². The van der Waals surface area contributed by atoms with Crippen molar-refractivity contribution in [1.82, 2.24) is 10.2 Å². The SMILES string of the molecule is CC(C)CN(c1nnccc1C(=N)N)C(C)C. The molecule has 0 aliphatic heterocycles. The summed E-state index contributed by atoms with van der Waals surface area (Å²) in [4.78, 5) is 2.13. The van der Waals surface area contributed by atoms with Crippen LogP contribution in [-0.4, -0.2) is 28.6 Å². The minimum absolute atomic E-state index is 0.0318. The zero-order valence-corrected chi connectivity index (χ0v) is 10.9. The van der Waals surface area contributed by atoms with Gasteiger partial charge in [0.05, 0.1) is 11.8 Å². The van der Waals surface area contributed by atoms with Gasteiger partial charge in [0, 0.05) is 12.6 Å². The normalized spacial score (nSPS) is 10.9. The second kappa shape index (κ2) is 5.61. The molecular formula is C12H21N5. The fourth-order valence-corrected chi connectivity index (χ4v) is 1.68. The quantitative estimate of drug-likeness (QED) is 0.600. The summed E-state index contributed by atoms with van der Waals surface area (Å²) in [5.41, 5.74) is 6.22. The number of nitrogen functional groups attached to an aromatic ring is 1. The summed E-state index contributed by atoms with van der Waals surface area (Å²) in [5.74, 6) is 1.24. The fourth-order valence-electron chi connectivity index (χ4n) is 1.68. The van der Waals surface area contributed by atoms with E-state index in [9.17, 15) is 0 Å². The summed E-state index contributed by atoms with van der Waals surface area (Å²) in [6.45, 7) is 9.37. The van der Waals surface area contributed by atoms with Crippen LogP contribution in [0.1, 0.15) is 33.3 Å². The maximum Gasteiger partial charge on any atom is 0.162 e. The first-order chi connectivity index (χ1) is 7.93. The lowest BCUT2D eigenvalue weighted by Gasteiger charge is -2.30. The van der Waals surface area contributed by atoms with Crippen molar-refractivity contribution in [2.24, 2.45) is 11.7 Å². The van der Waals surface area contributed by atoms with Gasteiger partial charge < -0.3 is 10.6 Å². The van der Waals surface area contributed by atoms with E-state index in [1.165, 1.54) is 0 Å². The molecule has 0 atom stereocenters. The number of hydrogen-bond donors (Lipinski definition) is 2. The zero-order valence-electron chi connectivity index (χ0n) is 10.9. The van der Waals surface area contributed by atoms with Crippen molar-refractivity contribution >= 4 is 11.7 Å². The second-order valence-corrected chi connectivity index (χ2v) is 4.82. The summed E-state index contributed by atoms with van der Waals surface area (Å²) in [6.07, 6.45) is 1.56. The van der Waals surface area contributed by atoms with Gasteiger partial charge in [0.15, 0.2) is 5.82 Å². The number of amidine groups is 1. The highest BCUT2D eigenvalue weighted by Crippen LogP contribution is 2.19. The van der Waals surface area contributed by atoms with Crippen molar-refractivity contribution in [2.75, 3.05) is 11.4 Å². The molecule has 0 aliphatic carbocycles. The molecule has 1 aromatic rings. The number of nitrogens with zero attached hydrogens (tertiary/aromatic N) is 3. The third-order valence-corrected chi connectivity index (χ3v) is 2.45. The van der Waals surface area contributed by atoms with Gasteiger partial charge in [-0.2, -0.15) is 5.10 Å². The van der Waals surface area contributed by atoms with Crippen LogP contribution in [0.25, 0.3) is 0 Å². The van der Waals surface area contributed by atoms with E-state index in [1.54, 1.807) is 12.3 Å². The summed E-state index contributed by atoms with van der Waals surface area (Å²) < 4.78 is 0. The van der Waals surface area contributed by atoms with E-state index in [0.717, 1.165) is 6.54 Å². The smallest absolute Gasteiger partial charge is 0.162 e. The molecule has 0 radical (unpaired) electrons. The minimum atomic E-state index is 0.0318. The number of aromatic nitrogens is 2.